The minimum Gasteiger partial charge on any atom is -0.459 e. The molecule has 1 N–H and O–H groups in total. The second-order valence-electron chi connectivity index (χ2n) is 9.02. The molecule has 0 spiro atoms. The van der Waals surface area contributed by atoms with Crippen LogP contribution in [0.5, 0.6) is 0 Å². The molecule has 8 nitrogen and oxygen atoms in total. The highest BCUT2D eigenvalue weighted by Crippen LogP contribution is 2.34. The fraction of sp³-hybridized carbons (Fsp3) is 0.222. The first-order valence-corrected chi connectivity index (χ1v) is 14.7. The molecule has 0 unspecified atom stereocenters. The summed E-state index contributed by atoms with van der Waals surface area (Å²) < 4.78 is 134. The van der Waals surface area contributed by atoms with Crippen molar-refractivity contribution in [1.82, 2.24) is 0 Å². The Labute approximate surface area is 270 Å². The highest BCUT2D eigenvalue weighted by Gasteiger charge is 2.39. The van der Waals surface area contributed by atoms with Gasteiger partial charge < -0.3 is 14.9 Å². The van der Waals surface area contributed by atoms with Crippen LogP contribution in [-0.4, -0.2) is 51.6 Å². The summed E-state index contributed by atoms with van der Waals surface area (Å²) in [7, 11) is -5.12. The molecule has 0 fully saturated rings. The number of rotatable bonds is 11. The van der Waals surface area contributed by atoms with Gasteiger partial charge in [-0.2, -0.15) is 34.8 Å². The maximum absolute atomic E-state index is 15.1. The molecule has 0 aromatic heterocycles. The van der Waals surface area contributed by atoms with E-state index in [1.54, 1.807) is 0 Å². The van der Waals surface area contributed by atoms with E-state index in [0.717, 1.165) is 24.3 Å². The summed E-state index contributed by atoms with van der Waals surface area (Å²) in [6, 6.07) is 6.57. The van der Waals surface area contributed by atoms with Crippen molar-refractivity contribution in [3.05, 3.63) is 98.0 Å². The number of carbonyl (C=O) groups excluding carboxylic acids is 2. The summed E-state index contributed by atoms with van der Waals surface area (Å²) in [5.74, 6) is -2.86. The molecule has 0 saturated heterocycles. The van der Waals surface area contributed by atoms with Crippen LogP contribution in [0.1, 0.15) is 31.8 Å². The summed E-state index contributed by atoms with van der Waals surface area (Å²) >= 11 is 17.6. The number of nitrogens with one attached hydrogen (secondary N) is 1. The highest BCUT2D eigenvalue weighted by molar-refractivity contribution is 7.87. The molecular formula is C27H17Cl3F7NO7S. The molecule has 0 amide bonds. The van der Waals surface area contributed by atoms with Gasteiger partial charge in [0, 0.05) is 6.21 Å². The quantitative estimate of drug-likeness (QED) is 0.0700. The smallest absolute Gasteiger partial charge is 0.416 e. The molecule has 0 radical (unpaired) electrons. The Bertz CT molecular complexity index is 1700. The molecule has 3 rings (SSSR count). The van der Waals surface area contributed by atoms with Crippen molar-refractivity contribution >= 4 is 63.1 Å². The maximum Gasteiger partial charge on any atom is 0.416 e. The van der Waals surface area contributed by atoms with Crippen LogP contribution in [0.15, 0.2) is 65.6 Å². The lowest BCUT2D eigenvalue weighted by molar-refractivity contribution is -0.138. The van der Waals surface area contributed by atoms with Gasteiger partial charge in [0.15, 0.2) is 18.4 Å². The SMILES string of the molecule is N=C[C@H](F)[C@@H](OC(=O)c1ccc(C(F)(F)F)cc1)[C@@H](COC(=O)c1ccc(C(F)(F)F)cc1)OS(=O)(=O)c1cc(Cl)c(Cl)cc1Cl. The van der Waals surface area contributed by atoms with E-state index in [2.05, 4.69) is 0 Å². The van der Waals surface area contributed by atoms with E-state index in [0.29, 0.717) is 36.4 Å². The number of alkyl halides is 7. The number of halogens is 10. The molecule has 46 heavy (non-hydrogen) atoms. The van der Waals surface area contributed by atoms with Gasteiger partial charge in [-0.1, -0.05) is 34.8 Å². The number of benzene rings is 3. The van der Waals surface area contributed by atoms with Gasteiger partial charge in [-0.05, 0) is 60.7 Å². The monoisotopic (exact) mass is 737 g/mol. The molecule has 0 aliphatic rings. The van der Waals surface area contributed by atoms with Crippen molar-refractivity contribution in [3.8, 4) is 0 Å². The Kier molecular flexibility index (Phi) is 11.7. The molecule has 0 aliphatic heterocycles. The standard InChI is InChI=1S/C27H17Cl3F7NO7S/c28-17-9-19(30)22(10-18(17)29)46(41,42)45-21(12-43-24(39)13-1-5-15(6-2-13)26(32,33)34)23(20(31)11-38)44-25(40)14-3-7-16(8-4-14)27(35,36)37/h1-11,20-21,23,38H,12H2/t20-,21+,23+/m0/s1. The second kappa shape index (κ2) is 14.5. The zero-order chi connectivity index (χ0) is 34.6. The molecule has 0 saturated carbocycles. The molecule has 0 bridgehead atoms. The van der Waals surface area contributed by atoms with E-state index in [4.69, 9.17) is 53.9 Å². The van der Waals surface area contributed by atoms with Crippen molar-refractivity contribution in [2.24, 2.45) is 0 Å². The number of esters is 2. The van der Waals surface area contributed by atoms with Crippen molar-refractivity contribution in [2.75, 3.05) is 6.61 Å². The summed E-state index contributed by atoms with van der Waals surface area (Å²) in [6.07, 6.45) is -16.9. The van der Waals surface area contributed by atoms with Gasteiger partial charge in [-0.15, -0.1) is 0 Å². The molecule has 248 valence electrons. The van der Waals surface area contributed by atoms with Gasteiger partial charge in [0.1, 0.15) is 11.5 Å². The zero-order valence-corrected chi connectivity index (χ0v) is 25.4. The van der Waals surface area contributed by atoms with Gasteiger partial charge in [-0.3, -0.25) is 4.18 Å². The number of hydrogen-bond donors (Lipinski definition) is 1. The Balaban J connectivity index is 1.98. The van der Waals surface area contributed by atoms with Crippen LogP contribution < -0.4 is 0 Å². The van der Waals surface area contributed by atoms with Gasteiger partial charge in [-0.25, -0.2) is 14.0 Å². The summed E-state index contributed by atoms with van der Waals surface area (Å²) in [5.41, 5.74) is -3.30. The lowest BCUT2D eigenvalue weighted by Crippen LogP contribution is -2.45. The number of hydrogen-bond acceptors (Lipinski definition) is 8. The fourth-order valence-electron chi connectivity index (χ4n) is 3.55. The van der Waals surface area contributed by atoms with Crippen molar-refractivity contribution in [2.45, 2.75) is 35.6 Å². The van der Waals surface area contributed by atoms with E-state index in [9.17, 15) is 44.3 Å². The van der Waals surface area contributed by atoms with E-state index in [-0.39, 0.29) is 16.3 Å². The summed E-state index contributed by atoms with van der Waals surface area (Å²) in [4.78, 5) is 24.6. The van der Waals surface area contributed by atoms with E-state index in [1.165, 1.54) is 0 Å². The average Bonchev–Trinajstić information content (AvgIpc) is 2.98. The lowest BCUT2D eigenvalue weighted by atomic mass is 10.1. The molecule has 0 aliphatic carbocycles. The van der Waals surface area contributed by atoms with Crippen LogP contribution in [0.25, 0.3) is 0 Å². The van der Waals surface area contributed by atoms with Gasteiger partial charge in [0.2, 0.25) is 0 Å². The Morgan fingerprint density at radius 1 is 0.783 bits per heavy atom. The van der Waals surface area contributed by atoms with Gasteiger partial charge in [0.25, 0.3) is 10.1 Å². The Morgan fingerprint density at radius 3 is 1.70 bits per heavy atom. The third-order valence-corrected chi connectivity index (χ3v) is 8.38. The molecule has 0 heterocycles. The number of ether oxygens (including phenoxy) is 2. The molecule has 3 atom stereocenters. The first kappa shape index (κ1) is 37.0. The number of carbonyl (C=O) groups is 2. The topological polar surface area (TPSA) is 120 Å². The van der Waals surface area contributed by atoms with Crippen LogP contribution in [0.2, 0.25) is 15.1 Å². The van der Waals surface area contributed by atoms with Gasteiger partial charge >= 0.3 is 24.3 Å². The third-order valence-electron chi connectivity index (χ3n) is 5.85. The van der Waals surface area contributed by atoms with Crippen LogP contribution in [-0.2, 0) is 36.1 Å². The normalized spacial score (nSPS) is 14.2. The van der Waals surface area contributed by atoms with Crippen LogP contribution in [0.3, 0.4) is 0 Å². The van der Waals surface area contributed by atoms with Crippen LogP contribution in [0, 0.1) is 5.41 Å². The van der Waals surface area contributed by atoms with Crippen molar-refractivity contribution in [3.63, 3.8) is 0 Å². The predicted molar refractivity (Wildman–Crippen MR) is 150 cm³/mol. The minimum absolute atomic E-state index is 0.0531. The summed E-state index contributed by atoms with van der Waals surface area (Å²) in [5, 5.41) is 6.26. The maximum atomic E-state index is 15.1. The zero-order valence-electron chi connectivity index (χ0n) is 22.3. The van der Waals surface area contributed by atoms with Crippen LogP contribution >= 0.6 is 34.8 Å². The lowest BCUT2D eigenvalue weighted by Gasteiger charge is -2.27. The molecular weight excluding hydrogens is 722 g/mol. The Hall–Kier alpha value is -3.44. The molecule has 3 aromatic carbocycles. The largest absolute Gasteiger partial charge is 0.459 e. The van der Waals surface area contributed by atoms with Crippen LogP contribution in [0.4, 0.5) is 30.7 Å². The van der Waals surface area contributed by atoms with E-state index in [1.807, 2.05) is 0 Å². The average molecular weight is 739 g/mol. The van der Waals surface area contributed by atoms with Crippen molar-refractivity contribution in [1.29, 1.82) is 5.41 Å². The van der Waals surface area contributed by atoms with E-state index < -0.39 is 91.6 Å². The third kappa shape index (κ3) is 9.31. The second-order valence-corrected chi connectivity index (χ2v) is 11.8. The fourth-order valence-corrected chi connectivity index (χ4v) is 5.60. The summed E-state index contributed by atoms with van der Waals surface area (Å²) in [6.45, 7) is -1.27. The molecule has 3 aromatic rings. The first-order valence-electron chi connectivity index (χ1n) is 12.2. The first-order chi connectivity index (χ1) is 21.2. The highest BCUT2D eigenvalue weighted by atomic mass is 35.5. The molecule has 19 heteroatoms. The predicted octanol–water partition coefficient (Wildman–Crippen LogP) is 7.83. The van der Waals surface area contributed by atoms with Crippen molar-refractivity contribution < 1.29 is 62.4 Å². The van der Waals surface area contributed by atoms with Gasteiger partial charge in [0.05, 0.1) is 37.3 Å². The minimum atomic E-state index is -5.12. The Morgan fingerprint density at radius 2 is 1.24 bits per heavy atom. The van der Waals surface area contributed by atoms with E-state index >= 15 is 4.39 Å².